The number of rotatable bonds is 4. The van der Waals surface area contributed by atoms with Crippen molar-refractivity contribution in [2.45, 2.75) is 11.8 Å². The molecule has 0 fully saturated rings. The third-order valence-corrected chi connectivity index (χ3v) is 5.07. The summed E-state index contributed by atoms with van der Waals surface area (Å²) >= 11 is 0. The summed E-state index contributed by atoms with van der Waals surface area (Å²) in [7, 11) is -1.81. The monoisotopic (exact) mass is 328 g/mol. The zero-order valence-corrected chi connectivity index (χ0v) is 13.6. The fraction of sp³-hybridized carbons (Fsp3) is 0.118. The Bertz CT molecular complexity index is 1000. The Labute approximate surface area is 134 Å². The van der Waals surface area contributed by atoms with Crippen molar-refractivity contribution in [3.05, 3.63) is 60.3 Å². The first-order chi connectivity index (χ1) is 10.9. The first kappa shape index (κ1) is 15.3. The van der Waals surface area contributed by atoms with Gasteiger partial charge in [0, 0.05) is 35.4 Å². The van der Waals surface area contributed by atoms with Gasteiger partial charge in [-0.3, -0.25) is 9.52 Å². The van der Waals surface area contributed by atoms with E-state index >= 15 is 0 Å². The molecule has 118 valence electrons. The van der Waals surface area contributed by atoms with E-state index in [2.05, 4.69) is 4.72 Å². The molecular weight excluding hydrogens is 312 g/mol. The smallest absolute Gasteiger partial charge is 0.261 e. The highest BCUT2D eigenvalue weighted by atomic mass is 32.2. The molecule has 0 atom stereocenters. The molecule has 1 heterocycles. The molecule has 1 aromatic heterocycles. The molecule has 0 amide bonds. The average Bonchev–Trinajstić information content (AvgIpc) is 2.88. The zero-order valence-electron chi connectivity index (χ0n) is 12.8. The minimum Gasteiger partial charge on any atom is -0.351 e. The van der Waals surface area contributed by atoms with Crippen molar-refractivity contribution in [1.29, 1.82) is 0 Å². The van der Waals surface area contributed by atoms with E-state index in [0.717, 1.165) is 10.9 Å². The second-order valence-corrected chi connectivity index (χ2v) is 7.07. The van der Waals surface area contributed by atoms with Gasteiger partial charge in [-0.1, -0.05) is 12.1 Å². The second kappa shape index (κ2) is 5.55. The second-order valence-electron chi connectivity index (χ2n) is 5.39. The number of nitrogens with one attached hydrogen (secondary N) is 1. The van der Waals surface area contributed by atoms with Crippen LogP contribution in [0.25, 0.3) is 10.9 Å². The van der Waals surface area contributed by atoms with Gasteiger partial charge < -0.3 is 4.57 Å². The van der Waals surface area contributed by atoms with Crippen molar-refractivity contribution < 1.29 is 13.2 Å². The topological polar surface area (TPSA) is 68.2 Å². The Morgan fingerprint density at radius 1 is 1.09 bits per heavy atom. The van der Waals surface area contributed by atoms with Crippen LogP contribution in [0.3, 0.4) is 0 Å². The van der Waals surface area contributed by atoms with Crippen molar-refractivity contribution in [2.24, 2.45) is 7.05 Å². The lowest BCUT2D eigenvalue weighted by Gasteiger charge is -2.09. The minimum atomic E-state index is -3.74. The summed E-state index contributed by atoms with van der Waals surface area (Å²) in [4.78, 5) is 11.5. The highest BCUT2D eigenvalue weighted by molar-refractivity contribution is 7.92. The molecule has 5 nitrogen and oxygen atoms in total. The van der Waals surface area contributed by atoms with E-state index in [4.69, 9.17) is 0 Å². The van der Waals surface area contributed by atoms with E-state index in [0.29, 0.717) is 11.3 Å². The predicted molar refractivity (Wildman–Crippen MR) is 90.2 cm³/mol. The van der Waals surface area contributed by atoms with Crippen molar-refractivity contribution in [3.8, 4) is 0 Å². The predicted octanol–water partition coefficient (Wildman–Crippen LogP) is 3.18. The van der Waals surface area contributed by atoms with Crippen LogP contribution in [0.5, 0.6) is 0 Å². The number of sulfonamides is 1. The molecule has 3 aromatic rings. The van der Waals surface area contributed by atoms with E-state index in [-0.39, 0.29) is 10.7 Å². The Morgan fingerprint density at radius 2 is 1.87 bits per heavy atom. The molecule has 6 heteroatoms. The van der Waals surface area contributed by atoms with Gasteiger partial charge in [0.15, 0.2) is 5.78 Å². The molecule has 0 radical (unpaired) electrons. The maximum Gasteiger partial charge on any atom is 0.261 e. The van der Waals surface area contributed by atoms with Gasteiger partial charge in [-0.25, -0.2) is 8.42 Å². The highest BCUT2D eigenvalue weighted by Crippen LogP contribution is 2.22. The van der Waals surface area contributed by atoms with Gasteiger partial charge in [-0.15, -0.1) is 0 Å². The van der Waals surface area contributed by atoms with E-state index < -0.39 is 10.0 Å². The lowest BCUT2D eigenvalue weighted by molar-refractivity contribution is 0.101. The number of carbonyl (C=O) groups is 1. The van der Waals surface area contributed by atoms with Gasteiger partial charge in [-0.05, 0) is 43.3 Å². The number of hydrogen-bond donors (Lipinski definition) is 1. The van der Waals surface area contributed by atoms with Crippen LogP contribution >= 0.6 is 0 Å². The Morgan fingerprint density at radius 3 is 2.61 bits per heavy atom. The molecule has 0 spiro atoms. The third kappa shape index (κ3) is 2.98. The molecule has 0 unspecified atom stereocenters. The number of aryl methyl sites for hydroxylation is 1. The molecule has 0 aliphatic carbocycles. The van der Waals surface area contributed by atoms with Crippen molar-refractivity contribution in [2.75, 3.05) is 4.72 Å². The van der Waals surface area contributed by atoms with Gasteiger partial charge in [0.2, 0.25) is 0 Å². The standard InChI is InChI=1S/C17H16N2O3S/c1-12(20)13-4-3-5-16(11-13)23(21,22)18-15-6-7-17-14(10-15)8-9-19(17)2/h3-11,18H,1-2H3. The number of Topliss-reactive ketones (excluding diaryl/α,β-unsaturated/α-hetero) is 1. The molecule has 3 rings (SSSR count). The van der Waals surface area contributed by atoms with Gasteiger partial charge in [0.05, 0.1) is 4.90 Å². The number of benzene rings is 2. The summed E-state index contributed by atoms with van der Waals surface area (Å²) in [5.41, 5.74) is 1.87. The SMILES string of the molecule is CC(=O)c1cccc(S(=O)(=O)Nc2ccc3c(ccn3C)c2)c1. The molecule has 0 saturated heterocycles. The number of ketones is 1. The fourth-order valence-electron chi connectivity index (χ4n) is 2.44. The Kier molecular flexibility index (Phi) is 3.69. The summed E-state index contributed by atoms with van der Waals surface area (Å²) in [5, 5.41) is 0.949. The van der Waals surface area contributed by atoms with Crippen LogP contribution in [-0.4, -0.2) is 18.8 Å². The molecule has 1 N–H and O–H groups in total. The summed E-state index contributed by atoms with van der Waals surface area (Å²) in [6.07, 6.45) is 1.92. The van der Waals surface area contributed by atoms with E-state index in [1.54, 1.807) is 24.3 Å². The van der Waals surface area contributed by atoms with Crippen molar-refractivity contribution >= 4 is 32.4 Å². The van der Waals surface area contributed by atoms with Gasteiger partial charge in [0.1, 0.15) is 0 Å². The maximum absolute atomic E-state index is 12.5. The van der Waals surface area contributed by atoms with Crippen LogP contribution in [0.4, 0.5) is 5.69 Å². The summed E-state index contributed by atoms with van der Waals surface area (Å²) in [5.74, 6) is -0.173. The summed E-state index contributed by atoms with van der Waals surface area (Å²) in [6.45, 7) is 1.41. The quantitative estimate of drug-likeness (QED) is 0.748. The molecule has 0 bridgehead atoms. The molecule has 0 aliphatic heterocycles. The van der Waals surface area contributed by atoms with Gasteiger partial charge in [-0.2, -0.15) is 0 Å². The Balaban J connectivity index is 1.96. The van der Waals surface area contributed by atoms with Crippen LogP contribution in [0.1, 0.15) is 17.3 Å². The lowest BCUT2D eigenvalue weighted by Crippen LogP contribution is -2.13. The number of nitrogens with zero attached hydrogens (tertiary/aromatic N) is 1. The van der Waals surface area contributed by atoms with Gasteiger partial charge in [0.25, 0.3) is 10.0 Å². The van der Waals surface area contributed by atoms with E-state index in [9.17, 15) is 13.2 Å². The zero-order chi connectivity index (χ0) is 16.6. The molecule has 0 aliphatic rings. The number of carbonyl (C=O) groups excluding carboxylic acids is 1. The first-order valence-electron chi connectivity index (χ1n) is 7.06. The number of anilines is 1. The number of aromatic nitrogens is 1. The maximum atomic E-state index is 12.5. The minimum absolute atomic E-state index is 0.0679. The summed E-state index contributed by atoms with van der Waals surface area (Å²) < 4.78 is 29.5. The third-order valence-electron chi connectivity index (χ3n) is 3.69. The van der Waals surface area contributed by atoms with Crippen LogP contribution < -0.4 is 4.72 Å². The Hall–Kier alpha value is -2.60. The van der Waals surface area contributed by atoms with Crippen LogP contribution in [0.15, 0.2) is 59.6 Å². The first-order valence-corrected chi connectivity index (χ1v) is 8.54. The van der Waals surface area contributed by atoms with Crippen molar-refractivity contribution in [3.63, 3.8) is 0 Å². The molecular formula is C17H16N2O3S. The number of hydrogen-bond acceptors (Lipinski definition) is 3. The fourth-order valence-corrected chi connectivity index (χ4v) is 3.54. The molecule has 2 aromatic carbocycles. The highest BCUT2D eigenvalue weighted by Gasteiger charge is 2.16. The van der Waals surface area contributed by atoms with E-state index in [1.165, 1.54) is 19.1 Å². The number of fused-ring (bicyclic) bond motifs is 1. The van der Waals surface area contributed by atoms with E-state index in [1.807, 2.05) is 29.9 Å². The van der Waals surface area contributed by atoms with Crippen LogP contribution in [-0.2, 0) is 17.1 Å². The summed E-state index contributed by atoms with van der Waals surface area (Å²) in [6, 6.07) is 13.3. The largest absolute Gasteiger partial charge is 0.351 e. The normalized spacial score (nSPS) is 11.6. The van der Waals surface area contributed by atoms with Crippen LogP contribution in [0.2, 0.25) is 0 Å². The van der Waals surface area contributed by atoms with Crippen molar-refractivity contribution in [1.82, 2.24) is 4.57 Å². The lowest BCUT2D eigenvalue weighted by atomic mass is 10.2. The molecule has 23 heavy (non-hydrogen) atoms. The average molecular weight is 328 g/mol. The van der Waals surface area contributed by atoms with Crippen LogP contribution in [0, 0.1) is 0 Å². The van der Waals surface area contributed by atoms with Gasteiger partial charge >= 0.3 is 0 Å². The molecule has 0 saturated carbocycles.